The highest BCUT2D eigenvalue weighted by molar-refractivity contribution is 7.99. The van der Waals surface area contributed by atoms with Gasteiger partial charge in [-0.15, -0.1) is 23.1 Å². The number of hydrogen-bond donors (Lipinski definition) is 1. The van der Waals surface area contributed by atoms with Crippen LogP contribution in [0.3, 0.4) is 0 Å². The van der Waals surface area contributed by atoms with Crippen molar-refractivity contribution >= 4 is 34.2 Å². The molecule has 0 bridgehead atoms. The number of carboxylic acid groups (broad SMARTS) is 1. The average molecular weight is 525 g/mol. The number of hydrogen-bond acceptors (Lipinski definition) is 6. The Kier molecular flexibility index (Phi) is 8.06. The van der Waals surface area contributed by atoms with Crippen molar-refractivity contribution in [2.24, 2.45) is 0 Å². The maximum atomic E-state index is 12.8. The molecule has 35 heavy (non-hydrogen) atoms. The van der Waals surface area contributed by atoms with Gasteiger partial charge in [0.05, 0.1) is 11.3 Å². The Bertz CT molecular complexity index is 1190. The van der Waals surface area contributed by atoms with E-state index in [0.717, 1.165) is 39.0 Å². The normalized spacial score (nSPS) is 12.0. The molecular weight excluding hydrogens is 497 g/mol. The van der Waals surface area contributed by atoms with E-state index in [4.69, 9.17) is 4.74 Å². The minimum Gasteiger partial charge on any atom is -0.478 e. The monoisotopic (exact) mass is 524 g/mol. The topological polar surface area (TPSA) is 62.7 Å². The van der Waals surface area contributed by atoms with Gasteiger partial charge in [0.1, 0.15) is 5.75 Å². The summed E-state index contributed by atoms with van der Waals surface area (Å²) < 4.78 is 44.1. The maximum absolute atomic E-state index is 12.8. The minimum atomic E-state index is -4.36. The zero-order valence-electron chi connectivity index (χ0n) is 20.1. The Labute approximate surface area is 211 Å². The highest BCUT2D eigenvalue weighted by Gasteiger charge is 2.31. The molecule has 0 unspecified atom stereocenters. The van der Waals surface area contributed by atoms with Gasteiger partial charge < -0.3 is 14.7 Å². The number of thioether (sulfide) groups is 1. The quantitative estimate of drug-likeness (QED) is 0.307. The fourth-order valence-corrected chi connectivity index (χ4v) is 5.10. The summed E-state index contributed by atoms with van der Waals surface area (Å²) in [7, 11) is 1.93. The lowest BCUT2D eigenvalue weighted by Gasteiger charge is -2.23. The number of carboxylic acids is 1. The summed E-state index contributed by atoms with van der Waals surface area (Å²) in [4.78, 5) is 19.0. The average Bonchev–Trinajstić information content (AvgIpc) is 3.26. The van der Waals surface area contributed by atoms with E-state index in [9.17, 15) is 23.1 Å². The fraction of sp³-hybridized carbons (Fsp3) is 0.360. The van der Waals surface area contributed by atoms with Crippen LogP contribution < -0.4 is 9.64 Å². The van der Waals surface area contributed by atoms with Crippen LogP contribution in [-0.4, -0.2) is 41.0 Å². The van der Waals surface area contributed by atoms with Crippen molar-refractivity contribution in [1.82, 2.24) is 4.98 Å². The van der Waals surface area contributed by atoms with E-state index >= 15 is 0 Å². The molecule has 0 saturated heterocycles. The molecule has 1 N–H and O–H groups in total. The molecule has 3 aromatic rings. The standard InChI is InChI=1S/C25H27F3N2O3S2/c1-15-13-21(16(2)12-20(15)33-24(3,4)22(31)32)34-11-10-30(5)23-29-19(14-35-23)17-6-8-18(9-7-17)25(26,27)28/h6-9,12-14H,10-11H2,1-5H3,(H,31,32). The molecule has 2 aromatic carbocycles. The van der Waals surface area contributed by atoms with Crippen LogP contribution in [0.15, 0.2) is 46.7 Å². The van der Waals surface area contributed by atoms with E-state index in [0.29, 0.717) is 23.6 Å². The van der Waals surface area contributed by atoms with Crippen LogP contribution in [0.2, 0.25) is 0 Å². The molecule has 0 spiro atoms. The molecule has 5 nitrogen and oxygen atoms in total. The summed E-state index contributed by atoms with van der Waals surface area (Å²) in [5, 5.41) is 11.9. The van der Waals surface area contributed by atoms with Gasteiger partial charge in [0.15, 0.2) is 10.7 Å². The second-order valence-corrected chi connectivity index (χ2v) is 10.6. The smallest absolute Gasteiger partial charge is 0.416 e. The number of anilines is 1. The maximum Gasteiger partial charge on any atom is 0.416 e. The molecule has 0 aliphatic rings. The highest BCUT2D eigenvalue weighted by Crippen LogP contribution is 2.34. The SMILES string of the molecule is Cc1cc(SCCN(C)c2nc(-c3ccc(C(F)(F)F)cc3)cs2)c(C)cc1OC(C)(C)C(=O)O. The Morgan fingerprint density at radius 2 is 1.80 bits per heavy atom. The summed E-state index contributed by atoms with van der Waals surface area (Å²) in [5.41, 5.74) is 1.15. The lowest BCUT2D eigenvalue weighted by molar-refractivity contribution is -0.152. The predicted molar refractivity (Wildman–Crippen MR) is 135 cm³/mol. The number of carbonyl (C=O) groups is 1. The van der Waals surface area contributed by atoms with Crippen molar-refractivity contribution in [3.63, 3.8) is 0 Å². The van der Waals surface area contributed by atoms with Crippen LogP contribution >= 0.6 is 23.1 Å². The Balaban J connectivity index is 1.60. The second kappa shape index (κ2) is 10.5. The van der Waals surface area contributed by atoms with Gasteiger partial charge >= 0.3 is 12.1 Å². The number of thiazole rings is 1. The van der Waals surface area contributed by atoms with Crippen LogP contribution in [0.4, 0.5) is 18.3 Å². The summed E-state index contributed by atoms with van der Waals surface area (Å²) in [6.45, 7) is 7.60. The molecule has 188 valence electrons. The minimum absolute atomic E-state index is 0.551. The highest BCUT2D eigenvalue weighted by atomic mass is 32.2. The Hall–Kier alpha value is -2.72. The molecule has 0 amide bonds. The zero-order chi connectivity index (χ0) is 26.0. The lowest BCUT2D eigenvalue weighted by atomic mass is 10.1. The van der Waals surface area contributed by atoms with Gasteiger partial charge in [-0.25, -0.2) is 9.78 Å². The number of aryl methyl sites for hydroxylation is 2. The van der Waals surface area contributed by atoms with E-state index in [1.165, 1.54) is 37.3 Å². The number of aliphatic carboxylic acids is 1. The first-order chi connectivity index (χ1) is 16.3. The van der Waals surface area contributed by atoms with Gasteiger partial charge in [0, 0.05) is 35.2 Å². The lowest BCUT2D eigenvalue weighted by Crippen LogP contribution is -2.38. The van der Waals surface area contributed by atoms with E-state index in [1.54, 1.807) is 11.8 Å². The molecular formula is C25H27F3N2O3S2. The first kappa shape index (κ1) is 26.9. The summed E-state index contributed by atoms with van der Waals surface area (Å²) in [5.74, 6) is 0.307. The van der Waals surface area contributed by atoms with Gasteiger partial charge in [-0.3, -0.25) is 0 Å². The predicted octanol–water partition coefficient (Wildman–Crippen LogP) is 6.92. The molecule has 0 atom stereocenters. The molecule has 0 aliphatic heterocycles. The van der Waals surface area contributed by atoms with Crippen molar-refractivity contribution in [3.8, 4) is 17.0 Å². The largest absolute Gasteiger partial charge is 0.478 e. The van der Waals surface area contributed by atoms with E-state index < -0.39 is 23.3 Å². The van der Waals surface area contributed by atoms with E-state index in [-0.39, 0.29) is 0 Å². The number of aromatic nitrogens is 1. The first-order valence-corrected chi connectivity index (χ1v) is 12.6. The molecule has 0 fully saturated rings. The van der Waals surface area contributed by atoms with Gasteiger partial charge in [-0.05, 0) is 63.1 Å². The molecule has 10 heteroatoms. The molecule has 0 aliphatic carbocycles. The van der Waals surface area contributed by atoms with Gasteiger partial charge in [0.2, 0.25) is 0 Å². The van der Waals surface area contributed by atoms with Crippen molar-refractivity contribution in [3.05, 3.63) is 58.5 Å². The number of alkyl halides is 3. The van der Waals surface area contributed by atoms with Crippen LogP contribution in [0, 0.1) is 13.8 Å². The van der Waals surface area contributed by atoms with Crippen LogP contribution in [-0.2, 0) is 11.0 Å². The summed E-state index contributed by atoms with van der Waals surface area (Å²) in [6.07, 6.45) is -4.36. The van der Waals surface area contributed by atoms with Gasteiger partial charge in [-0.2, -0.15) is 13.2 Å². The molecule has 0 radical (unpaired) electrons. The fourth-order valence-electron chi connectivity index (χ4n) is 3.14. The van der Waals surface area contributed by atoms with Gasteiger partial charge in [-0.1, -0.05) is 12.1 Å². The van der Waals surface area contributed by atoms with Gasteiger partial charge in [0.25, 0.3) is 0 Å². The molecule has 0 saturated carbocycles. The van der Waals surface area contributed by atoms with Crippen molar-refractivity contribution < 1.29 is 27.8 Å². The third kappa shape index (κ3) is 6.70. The summed E-state index contributed by atoms with van der Waals surface area (Å²) >= 11 is 3.12. The first-order valence-electron chi connectivity index (χ1n) is 10.8. The summed E-state index contributed by atoms with van der Waals surface area (Å²) in [6, 6.07) is 8.87. The van der Waals surface area contributed by atoms with Crippen LogP contribution in [0.5, 0.6) is 5.75 Å². The zero-order valence-corrected chi connectivity index (χ0v) is 21.7. The van der Waals surface area contributed by atoms with Crippen molar-refractivity contribution in [2.75, 3.05) is 24.2 Å². The number of nitrogens with zero attached hydrogens (tertiary/aromatic N) is 2. The third-order valence-corrected chi connectivity index (χ3v) is 7.46. The molecule has 3 rings (SSSR count). The Morgan fingerprint density at radius 3 is 2.40 bits per heavy atom. The van der Waals surface area contributed by atoms with E-state index in [1.807, 2.05) is 43.3 Å². The number of ether oxygens (including phenoxy) is 1. The third-order valence-electron chi connectivity index (χ3n) is 5.36. The number of halogens is 3. The molecule has 1 aromatic heterocycles. The second-order valence-electron chi connectivity index (χ2n) is 8.66. The number of rotatable bonds is 9. The molecule has 1 heterocycles. The van der Waals surface area contributed by atoms with Crippen LogP contribution in [0.1, 0.15) is 30.5 Å². The van der Waals surface area contributed by atoms with Crippen LogP contribution in [0.25, 0.3) is 11.3 Å². The number of benzene rings is 2. The van der Waals surface area contributed by atoms with Crippen molar-refractivity contribution in [1.29, 1.82) is 0 Å². The van der Waals surface area contributed by atoms with E-state index in [2.05, 4.69) is 4.98 Å². The Morgan fingerprint density at radius 1 is 1.14 bits per heavy atom. The van der Waals surface area contributed by atoms with Crippen molar-refractivity contribution in [2.45, 2.75) is 44.4 Å².